The number of aromatic nitrogens is 1. The summed E-state index contributed by atoms with van der Waals surface area (Å²) in [7, 11) is 0. The molecule has 1 aromatic heterocycles. The highest BCUT2D eigenvalue weighted by molar-refractivity contribution is 6.18. The van der Waals surface area contributed by atoms with E-state index in [0.717, 1.165) is 22.7 Å². The van der Waals surface area contributed by atoms with E-state index in [9.17, 15) is 0 Å². The average molecular weight is 587 g/mol. The molecule has 0 amide bonds. The lowest BCUT2D eigenvalue weighted by atomic mass is 10.0. The van der Waals surface area contributed by atoms with Gasteiger partial charge in [-0.2, -0.15) is 0 Å². The van der Waals surface area contributed by atoms with Crippen molar-refractivity contribution in [3.05, 3.63) is 182 Å². The molecule has 8 aromatic carbocycles. The Morgan fingerprint density at radius 2 is 0.978 bits per heavy atom. The smallest absolute Gasteiger partial charge is 0.0619 e. The molecule has 0 saturated carbocycles. The Labute approximate surface area is 268 Å². The van der Waals surface area contributed by atoms with Crippen molar-refractivity contribution >= 4 is 60.4 Å². The number of benzene rings is 8. The highest BCUT2D eigenvalue weighted by Crippen LogP contribution is 2.40. The summed E-state index contributed by atoms with van der Waals surface area (Å²) in [6.45, 7) is 0. The number of anilines is 3. The Morgan fingerprint density at radius 1 is 0.348 bits per heavy atom. The topological polar surface area (TPSA) is 8.17 Å². The molecule has 0 saturated heterocycles. The zero-order chi connectivity index (χ0) is 30.5. The van der Waals surface area contributed by atoms with E-state index < -0.39 is 0 Å². The van der Waals surface area contributed by atoms with Gasteiger partial charge in [-0.1, -0.05) is 127 Å². The summed E-state index contributed by atoms with van der Waals surface area (Å²) in [5, 5.41) is 7.50. The van der Waals surface area contributed by atoms with Crippen molar-refractivity contribution in [2.75, 3.05) is 4.90 Å². The Hall–Kier alpha value is -6.12. The van der Waals surface area contributed by atoms with Crippen LogP contribution in [0.1, 0.15) is 0 Å². The van der Waals surface area contributed by atoms with Gasteiger partial charge in [-0.05, 0) is 81.9 Å². The fourth-order valence-corrected chi connectivity index (χ4v) is 6.97. The molecule has 1 heterocycles. The van der Waals surface area contributed by atoms with E-state index in [1.165, 1.54) is 54.5 Å². The molecule has 0 fully saturated rings. The number of nitrogens with zero attached hydrogens (tertiary/aromatic N) is 2. The van der Waals surface area contributed by atoms with Crippen molar-refractivity contribution in [3.63, 3.8) is 0 Å². The second kappa shape index (κ2) is 10.8. The number of rotatable bonds is 5. The number of para-hydroxylation sites is 1. The van der Waals surface area contributed by atoms with Crippen LogP contribution in [0.5, 0.6) is 0 Å². The summed E-state index contributed by atoms with van der Waals surface area (Å²) in [6, 6.07) is 65.7. The zero-order valence-electron chi connectivity index (χ0n) is 25.2. The van der Waals surface area contributed by atoms with Crippen LogP contribution < -0.4 is 4.90 Å². The van der Waals surface area contributed by atoms with Crippen LogP contribution in [-0.2, 0) is 0 Å². The molecule has 0 unspecified atom stereocenters. The van der Waals surface area contributed by atoms with E-state index in [0.29, 0.717) is 0 Å². The standard InChI is InChI=1S/C44H30N2/c1-2-11-31(12-3-1)35-16-10-17-38(29-35)45(39-23-21-32-13-4-5-15-34(32)30-39)36-24-26-37(27-25-36)46-43-20-9-8-19-41(43)42-28-22-33-14-6-7-18-40(33)44(42)46/h1-30H. The van der Waals surface area contributed by atoms with Gasteiger partial charge in [-0.15, -0.1) is 0 Å². The Kier molecular flexibility index (Phi) is 6.17. The first-order valence-corrected chi connectivity index (χ1v) is 15.8. The lowest BCUT2D eigenvalue weighted by Crippen LogP contribution is -2.10. The van der Waals surface area contributed by atoms with E-state index in [4.69, 9.17) is 0 Å². The first-order valence-electron chi connectivity index (χ1n) is 15.8. The second-order valence-electron chi connectivity index (χ2n) is 11.8. The maximum Gasteiger partial charge on any atom is 0.0619 e. The molecule has 0 N–H and O–H groups in total. The molecule has 0 atom stereocenters. The van der Waals surface area contributed by atoms with Crippen molar-refractivity contribution in [3.8, 4) is 16.8 Å². The van der Waals surface area contributed by atoms with Crippen LogP contribution >= 0.6 is 0 Å². The van der Waals surface area contributed by atoms with Gasteiger partial charge < -0.3 is 9.47 Å². The van der Waals surface area contributed by atoms with Crippen LogP contribution in [0.4, 0.5) is 17.1 Å². The molecule has 46 heavy (non-hydrogen) atoms. The predicted octanol–water partition coefficient (Wildman–Crippen LogP) is 12.2. The molecule has 0 aliphatic carbocycles. The highest BCUT2D eigenvalue weighted by atomic mass is 15.1. The zero-order valence-corrected chi connectivity index (χ0v) is 25.2. The van der Waals surface area contributed by atoms with Crippen LogP contribution in [0.2, 0.25) is 0 Å². The summed E-state index contributed by atoms with van der Waals surface area (Å²) in [5.41, 5.74) is 9.34. The Balaban J connectivity index is 1.23. The minimum atomic E-state index is 1.11. The summed E-state index contributed by atoms with van der Waals surface area (Å²) in [4.78, 5) is 2.37. The molecule has 9 rings (SSSR count). The van der Waals surface area contributed by atoms with Crippen molar-refractivity contribution < 1.29 is 0 Å². The molecule has 2 heteroatoms. The predicted molar refractivity (Wildman–Crippen MR) is 196 cm³/mol. The first kappa shape index (κ1) is 26.3. The Bertz CT molecular complexity index is 2520. The summed E-state index contributed by atoms with van der Waals surface area (Å²) in [6.07, 6.45) is 0. The molecular formula is C44H30N2. The third-order valence-electron chi connectivity index (χ3n) is 9.13. The van der Waals surface area contributed by atoms with Crippen molar-refractivity contribution in [2.24, 2.45) is 0 Å². The maximum absolute atomic E-state index is 2.42. The fourth-order valence-electron chi connectivity index (χ4n) is 6.97. The fraction of sp³-hybridized carbons (Fsp3) is 0. The number of fused-ring (bicyclic) bond motifs is 6. The van der Waals surface area contributed by atoms with Gasteiger partial charge in [0.15, 0.2) is 0 Å². The molecule has 216 valence electrons. The second-order valence-corrected chi connectivity index (χ2v) is 11.8. The normalized spacial score (nSPS) is 11.5. The number of hydrogen-bond acceptors (Lipinski definition) is 1. The quantitative estimate of drug-likeness (QED) is 0.195. The van der Waals surface area contributed by atoms with Gasteiger partial charge in [0.2, 0.25) is 0 Å². The lowest BCUT2D eigenvalue weighted by Gasteiger charge is -2.26. The lowest BCUT2D eigenvalue weighted by molar-refractivity contribution is 1.18. The minimum Gasteiger partial charge on any atom is -0.310 e. The van der Waals surface area contributed by atoms with E-state index in [-0.39, 0.29) is 0 Å². The largest absolute Gasteiger partial charge is 0.310 e. The van der Waals surface area contributed by atoms with Gasteiger partial charge in [-0.3, -0.25) is 0 Å². The highest BCUT2D eigenvalue weighted by Gasteiger charge is 2.17. The maximum atomic E-state index is 2.42. The minimum absolute atomic E-state index is 1.11. The molecule has 0 bridgehead atoms. The molecule has 9 aromatic rings. The van der Waals surface area contributed by atoms with Crippen LogP contribution in [0.25, 0.3) is 60.2 Å². The van der Waals surface area contributed by atoms with Crippen molar-refractivity contribution in [1.82, 2.24) is 4.57 Å². The van der Waals surface area contributed by atoms with Gasteiger partial charge in [0.25, 0.3) is 0 Å². The van der Waals surface area contributed by atoms with Gasteiger partial charge in [0.05, 0.1) is 11.0 Å². The monoisotopic (exact) mass is 586 g/mol. The van der Waals surface area contributed by atoms with Crippen LogP contribution in [0, 0.1) is 0 Å². The number of hydrogen-bond donors (Lipinski definition) is 0. The van der Waals surface area contributed by atoms with E-state index in [1.807, 2.05) is 0 Å². The van der Waals surface area contributed by atoms with E-state index in [1.54, 1.807) is 0 Å². The van der Waals surface area contributed by atoms with Gasteiger partial charge in [0.1, 0.15) is 0 Å². The van der Waals surface area contributed by atoms with Crippen LogP contribution in [-0.4, -0.2) is 4.57 Å². The van der Waals surface area contributed by atoms with E-state index >= 15 is 0 Å². The van der Waals surface area contributed by atoms with Crippen molar-refractivity contribution in [1.29, 1.82) is 0 Å². The molecule has 0 radical (unpaired) electrons. The average Bonchev–Trinajstić information content (AvgIpc) is 3.47. The van der Waals surface area contributed by atoms with Crippen molar-refractivity contribution in [2.45, 2.75) is 0 Å². The third-order valence-corrected chi connectivity index (χ3v) is 9.13. The molecule has 0 aliphatic heterocycles. The Morgan fingerprint density at radius 3 is 1.83 bits per heavy atom. The first-order chi connectivity index (χ1) is 22.8. The third kappa shape index (κ3) is 4.35. The molecule has 2 nitrogen and oxygen atoms in total. The van der Waals surface area contributed by atoms with Gasteiger partial charge in [-0.25, -0.2) is 0 Å². The van der Waals surface area contributed by atoms with Crippen LogP contribution in [0.3, 0.4) is 0 Å². The summed E-state index contributed by atoms with van der Waals surface area (Å²) in [5.74, 6) is 0. The SMILES string of the molecule is c1ccc(-c2cccc(N(c3ccc(-n4c5ccccc5c5ccc6ccccc6c54)cc3)c3ccc4ccccc4c3)c2)cc1. The molecular weight excluding hydrogens is 556 g/mol. The van der Waals surface area contributed by atoms with E-state index in [2.05, 4.69) is 191 Å². The molecule has 0 spiro atoms. The van der Waals surface area contributed by atoms with Gasteiger partial charge >= 0.3 is 0 Å². The summed E-state index contributed by atoms with van der Waals surface area (Å²) < 4.78 is 2.42. The molecule has 0 aliphatic rings. The van der Waals surface area contributed by atoms with Gasteiger partial charge in [0, 0.05) is 38.9 Å². The summed E-state index contributed by atoms with van der Waals surface area (Å²) >= 11 is 0. The van der Waals surface area contributed by atoms with Crippen LogP contribution in [0.15, 0.2) is 182 Å².